The van der Waals surface area contributed by atoms with Gasteiger partial charge >= 0.3 is 12.0 Å². The molecule has 0 radical (unpaired) electrons. The molecule has 8 nitrogen and oxygen atoms in total. The number of carbonyl (C=O) groups excluding carboxylic acids is 4. The average Bonchev–Trinajstić information content (AvgIpc) is 3.35. The van der Waals surface area contributed by atoms with Crippen LogP contribution in [0.1, 0.15) is 44.7 Å². The van der Waals surface area contributed by atoms with Crippen LogP contribution in [0.15, 0.2) is 24.3 Å². The Hall–Kier alpha value is -2.90. The van der Waals surface area contributed by atoms with E-state index in [2.05, 4.69) is 10.6 Å². The van der Waals surface area contributed by atoms with E-state index in [0.717, 1.165) is 12.7 Å². The largest absolute Gasteiger partial charge is 0.460 e. The number of amides is 3. The normalized spacial score (nSPS) is 19.5. The van der Waals surface area contributed by atoms with E-state index in [1.165, 1.54) is 16.0 Å². The van der Waals surface area contributed by atoms with E-state index in [4.69, 9.17) is 4.74 Å². The molecule has 3 amide bonds. The fourth-order valence-corrected chi connectivity index (χ4v) is 4.15. The van der Waals surface area contributed by atoms with Gasteiger partial charge in [0.1, 0.15) is 18.4 Å². The number of benzene rings is 1. The van der Waals surface area contributed by atoms with Crippen molar-refractivity contribution in [3.63, 3.8) is 0 Å². The lowest BCUT2D eigenvalue weighted by Gasteiger charge is -2.30. The number of hydrogen-bond acceptors (Lipinski definition) is 5. The van der Waals surface area contributed by atoms with Crippen molar-refractivity contribution < 1.29 is 23.9 Å². The molecule has 1 aromatic carbocycles. The van der Waals surface area contributed by atoms with Crippen LogP contribution in [-0.4, -0.2) is 60.4 Å². The van der Waals surface area contributed by atoms with E-state index in [1.807, 2.05) is 45.0 Å². The number of urea groups is 1. The van der Waals surface area contributed by atoms with Crippen LogP contribution in [0, 0.1) is 5.41 Å². The topological polar surface area (TPSA) is 105 Å². The number of carbonyl (C=O) groups is 4. The lowest BCUT2D eigenvalue weighted by Crippen LogP contribution is -2.54. The van der Waals surface area contributed by atoms with Gasteiger partial charge in [0.05, 0.1) is 12.6 Å². The molecule has 1 saturated heterocycles. The van der Waals surface area contributed by atoms with Gasteiger partial charge < -0.3 is 25.1 Å². The molecule has 2 atom stereocenters. The van der Waals surface area contributed by atoms with Crippen molar-refractivity contribution in [1.82, 2.24) is 15.5 Å². The number of aldehydes is 1. The Labute approximate surface area is 182 Å². The highest BCUT2D eigenvalue weighted by atomic mass is 16.5. The van der Waals surface area contributed by atoms with Crippen LogP contribution in [0.3, 0.4) is 0 Å². The number of nitrogens with zero attached hydrogens (tertiary/aromatic N) is 1. The molecule has 2 N–H and O–H groups in total. The molecule has 0 spiro atoms. The van der Waals surface area contributed by atoms with Crippen molar-refractivity contribution in [2.45, 2.75) is 64.6 Å². The fourth-order valence-electron chi connectivity index (χ4n) is 4.15. The number of rotatable bonds is 6. The molecule has 0 bridgehead atoms. The number of fused-ring (bicyclic) bond motifs is 1. The van der Waals surface area contributed by atoms with Gasteiger partial charge in [-0.3, -0.25) is 4.79 Å². The molecule has 1 aliphatic carbocycles. The molecule has 1 aromatic rings. The second kappa shape index (κ2) is 9.49. The minimum Gasteiger partial charge on any atom is -0.460 e. The summed E-state index contributed by atoms with van der Waals surface area (Å²) in [4.78, 5) is 50.1. The predicted molar refractivity (Wildman–Crippen MR) is 114 cm³/mol. The third-order valence-electron chi connectivity index (χ3n) is 5.85. The van der Waals surface area contributed by atoms with Crippen molar-refractivity contribution in [3.05, 3.63) is 35.4 Å². The molecule has 1 heterocycles. The predicted octanol–water partition coefficient (Wildman–Crippen LogP) is 1.60. The van der Waals surface area contributed by atoms with Crippen molar-refractivity contribution >= 4 is 24.2 Å². The smallest absolute Gasteiger partial charge is 0.329 e. The summed E-state index contributed by atoms with van der Waals surface area (Å²) in [6.45, 7) is 5.79. The monoisotopic (exact) mass is 429 g/mol. The summed E-state index contributed by atoms with van der Waals surface area (Å²) in [6.07, 6.45) is 3.24. The first-order valence-corrected chi connectivity index (χ1v) is 10.8. The van der Waals surface area contributed by atoms with Gasteiger partial charge in [0.15, 0.2) is 0 Å². The Kier molecular flexibility index (Phi) is 6.97. The van der Waals surface area contributed by atoms with E-state index < -0.39 is 29.5 Å². The van der Waals surface area contributed by atoms with E-state index in [0.29, 0.717) is 25.8 Å². The number of esters is 1. The maximum Gasteiger partial charge on any atom is 0.329 e. The molecule has 0 saturated carbocycles. The maximum absolute atomic E-state index is 12.9. The average molecular weight is 430 g/mol. The first-order valence-electron chi connectivity index (χ1n) is 10.8. The number of nitrogens with one attached hydrogen (secondary N) is 2. The van der Waals surface area contributed by atoms with Crippen LogP contribution in [0.4, 0.5) is 4.79 Å². The van der Waals surface area contributed by atoms with Crippen LogP contribution >= 0.6 is 0 Å². The summed E-state index contributed by atoms with van der Waals surface area (Å²) >= 11 is 0. The lowest BCUT2D eigenvalue weighted by atomic mass is 9.87. The van der Waals surface area contributed by atoms with Crippen molar-refractivity contribution in [3.8, 4) is 0 Å². The van der Waals surface area contributed by atoms with Gasteiger partial charge in [-0.2, -0.15) is 0 Å². The Balaban J connectivity index is 1.53. The summed E-state index contributed by atoms with van der Waals surface area (Å²) in [5.41, 5.74) is 1.77. The minimum atomic E-state index is -0.874. The molecule has 2 unspecified atom stereocenters. The second-order valence-electron chi connectivity index (χ2n) is 9.29. The van der Waals surface area contributed by atoms with Crippen molar-refractivity contribution in [2.24, 2.45) is 5.41 Å². The number of hydrogen-bond donors (Lipinski definition) is 2. The molecule has 3 rings (SSSR count). The minimum absolute atomic E-state index is 0.236. The summed E-state index contributed by atoms with van der Waals surface area (Å²) in [5.74, 6) is -0.810. The molecule has 8 heteroatoms. The Morgan fingerprint density at radius 1 is 1.19 bits per heavy atom. The molecule has 31 heavy (non-hydrogen) atoms. The van der Waals surface area contributed by atoms with E-state index >= 15 is 0 Å². The van der Waals surface area contributed by atoms with Gasteiger partial charge in [0.25, 0.3) is 0 Å². The maximum atomic E-state index is 12.9. The molecular weight excluding hydrogens is 398 g/mol. The third-order valence-corrected chi connectivity index (χ3v) is 5.85. The summed E-state index contributed by atoms with van der Waals surface area (Å²) < 4.78 is 5.72. The Morgan fingerprint density at radius 3 is 2.42 bits per heavy atom. The van der Waals surface area contributed by atoms with E-state index in [1.54, 1.807) is 0 Å². The van der Waals surface area contributed by atoms with E-state index in [9.17, 15) is 19.2 Å². The van der Waals surface area contributed by atoms with Crippen LogP contribution < -0.4 is 10.6 Å². The number of likely N-dealkylation sites (tertiary alicyclic amines) is 1. The summed E-state index contributed by atoms with van der Waals surface area (Å²) in [7, 11) is 0. The molecule has 0 aromatic heterocycles. The van der Waals surface area contributed by atoms with Gasteiger partial charge in [0, 0.05) is 19.4 Å². The lowest BCUT2D eigenvalue weighted by molar-refractivity contribution is -0.153. The van der Waals surface area contributed by atoms with Gasteiger partial charge in [-0.15, -0.1) is 0 Å². The van der Waals surface area contributed by atoms with Crippen LogP contribution in [0.2, 0.25) is 0 Å². The molecule has 2 aliphatic rings. The number of ether oxygens (including phenoxy) is 1. The zero-order valence-corrected chi connectivity index (χ0v) is 18.3. The van der Waals surface area contributed by atoms with Gasteiger partial charge in [-0.25, -0.2) is 9.59 Å². The highest BCUT2D eigenvalue weighted by Crippen LogP contribution is 2.26. The van der Waals surface area contributed by atoms with Crippen LogP contribution in [0.5, 0.6) is 0 Å². The van der Waals surface area contributed by atoms with E-state index in [-0.39, 0.29) is 18.6 Å². The van der Waals surface area contributed by atoms with Gasteiger partial charge in [0.2, 0.25) is 5.91 Å². The van der Waals surface area contributed by atoms with Gasteiger partial charge in [-0.05, 0) is 29.4 Å². The fraction of sp³-hybridized carbons (Fsp3) is 0.565. The molecule has 168 valence electrons. The quantitative estimate of drug-likeness (QED) is 0.528. The van der Waals surface area contributed by atoms with Crippen LogP contribution in [0.25, 0.3) is 0 Å². The second-order valence-corrected chi connectivity index (χ2v) is 9.29. The molecule has 1 fully saturated rings. The molecule has 1 aliphatic heterocycles. The highest BCUT2D eigenvalue weighted by molar-refractivity contribution is 5.88. The first kappa shape index (κ1) is 22.8. The highest BCUT2D eigenvalue weighted by Gasteiger charge is 2.37. The van der Waals surface area contributed by atoms with Crippen molar-refractivity contribution in [1.29, 1.82) is 0 Å². The zero-order valence-electron chi connectivity index (χ0n) is 18.3. The molecular formula is C23H31N3O5. The Bertz CT molecular complexity index is 823. The Morgan fingerprint density at radius 2 is 1.84 bits per heavy atom. The summed E-state index contributed by atoms with van der Waals surface area (Å²) in [6, 6.07) is 6.07. The van der Waals surface area contributed by atoms with Crippen LogP contribution in [-0.2, 0) is 32.0 Å². The third kappa shape index (κ3) is 5.62. The van der Waals surface area contributed by atoms with Gasteiger partial charge in [-0.1, -0.05) is 45.0 Å². The first-order chi connectivity index (χ1) is 14.7. The SMILES string of the molecule is CC(C)(C)C(NC(=O)NCC(=O)N1CCCC1C=O)C(=O)OC1Cc2ccccc2C1. The zero-order chi connectivity index (χ0) is 22.6. The summed E-state index contributed by atoms with van der Waals surface area (Å²) in [5, 5.41) is 5.16. The van der Waals surface area contributed by atoms with Crippen molar-refractivity contribution in [2.75, 3.05) is 13.1 Å². The standard InChI is InChI=1S/C23H31N3O5/c1-23(2,3)20(21(29)31-18-11-15-7-4-5-8-16(15)12-18)25-22(30)24-13-19(28)26-10-6-9-17(26)14-27/h4-5,7-8,14,17-18,20H,6,9-13H2,1-3H3,(H2,24,25,30).